The number of nitrogens with one attached hydrogen (secondary N) is 1. The number of carboxylic acids is 1. The molecule has 1 rings (SSSR count). The third kappa shape index (κ3) is 4.46. The second-order valence-electron chi connectivity index (χ2n) is 3.95. The predicted octanol–water partition coefficient (Wildman–Crippen LogP) is 3.07. The third-order valence-electron chi connectivity index (χ3n) is 2.42. The molecule has 0 saturated heterocycles. The van der Waals surface area contributed by atoms with Crippen molar-refractivity contribution in [1.82, 2.24) is 0 Å². The van der Waals surface area contributed by atoms with E-state index in [1.54, 1.807) is 18.2 Å². The Bertz CT molecular complexity index is 482. The summed E-state index contributed by atoms with van der Waals surface area (Å²) < 4.78 is 4.75. The number of rotatable bonds is 6. The van der Waals surface area contributed by atoms with Gasteiger partial charge in [-0.2, -0.15) is 0 Å². The molecule has 0 aliphatic rings. The van der Waals surface area contributed by atoms with E-state index in [-0.39, 0.29) is 17.9 Å². The third-order valence-corrected chi connectivity index (χ3v) is 2.42. The Morgan fingerprint density at radius 2 is 2.21 bits per heavy atom. The van der Waals surface area contributed by atoms with E-state index in [1.165, 1.54) is 6.08 Å². The molecule has 102 valence electrons. The van der Waals surface area contributed by atoms with Gasteiger partial charge in [-0.05, 0) is 24.1 Å². The van der Waals surface area contributed by atoms with Gasteiger partial charge in [0, 0.05) is 0 Å². The van der Waals surface area contributed by atoms with E-state index in [0.29, 0.717) is 0 Å². The molecule has 0 aromatic heterocycles. The summed E-state index contributed by atoms with van der Waals surface area (Å²) in [6.07, 6.45) is 2.45. The van der Waals surface area contributed by atoms with Crippen LogP contribution in [0.4, 0.5) is 10.5 Å². The van der Waals surface area contributed by atoms with Crippen LogP contribution in [0, 0.1) is 0 Å². The first-order valence-corrected chi connectivity index (χ1v) is 5.99. The molecule has 5 nitrogen and oxygen atoms in total. The fourth-order valence-corrected chi connectivity index (χ4v) is 1.60. The highest BCUT2D eigenvalue weighted by atomic mass is 16.5. The molecule has 0 aliphatic carbocycles. The molecule has 0 spiro atoms. The number of hydrogen-bond donors (Lipinski definition) is 2. The van der Waals surface area contributed by atoms with Crippen molar-refractivity contribution in [1.29, 1.82) is 0 Å². The Morgan fingerprint density at radius 3 is 2.79 bits per heavy atom. The first-order chi connectivity index (χ1) is 9.08. The monoisotopic (exact) mass is 263 g/mol. The van der Waals surface area contributed by atoms with E-state index in [2.05, 4.69) is 11.9 Å². The number of aromatic carboxylic acids is 1. The fraction of sp³-hybridized carbons (Fsp3) is 0.286. The van der Waals surface area contributed by atoms with Gasteiger partial charge in [-0.15, -0.1) is 0 Å². The van der Waals surface area contributed by atoms with Crippen LogP contribution in [-0.2, 0) is 11.2 Å². The number of carbonyl (C=O) groups excluding carboxylic acids is 1. The lowest BCUT2D eigenvalue weighted by Gasteiger charge is -2.10. The molecule has 1 amide bonds. The van der Waals surface area contributed by atoms with E-state index >= 15 is 0 Å². The van der Waals surface area contributed by atoms with E-state index < -0.39 is 12.1 Å². The van der Waals surface area contributed by atoms with Gasteiger partial charge < -0.3 is 9.84 Å². The number of benzene rings is 1. The van der Waals surface area contributed by atoms with Gasteiger partial charge in [0.25, 0.3) is 0 Å². The van der Waals surface area contributed by atoms with Crippen molar-refractivity contribution < 1.29 is 19.4 Å². The van der Waals surface area contributed by atoms with E-state index in [1.807, 2.05) is 6.92 Å². The Labute approximate surface area is 111 Å². The van der Waals surface area contributed by atoms with Gasteiger partial charge in [-0.3, -0.25) is 5.32 Å². The average molecular weight is 263 g/mol. The molecule has 2 N–H and O–H groups in total. The van der Waals surface area contributed by atoms with Gasteiger partial charge >= 0.3 is 12.1 Å². The molecule has 1 aromatic rings. The zero-order chi connectivity index (χ0) is 14.3. The van der Waals surface area contributed by atoms with Gasteiger partial charge in [0.1, 0.15) is 6.61 Å². The van der Waals surface area contributed by atoms with E-state index in [4.69, 9.17) is 9.84 Å². The van der Waals surface area contributed by atoms with Crippen LogP contribution in [0.1, 0.15) is 29.3 Å². The largest absolute Gasteiger partial charge is 0.478 e. The Hall–Kier alpha value is -2.30. The molecule has 1 aromatic carbocycles. The number of hydrogen-bond acceptors (Lipinski definition) is 3. The second kappa shape index (κ2) is 7.20. The van der Waals surface area contributed by atoms with Gasteiger partial charge in [0.05, 0.1) is 11.3 Å². The first-order valence-electron chi connectivity index (χ1n) is 5.99. The molecule has 0 bridgehead atoms. The van der Waals surface area contributed by atoms with Gasteiger partial charge in [-0.1, -0.05) is 32.1 Å². The normalized spacial score (nSPS) is 9.74. The van der Waals surface area contributed by atoms with Crippen LogP contribution in [-0.4, -0.2) is 23.8 Å². The van der Waals surface area contributed by atoms with Crippen molar-refractivity contribution in [2.24, 2.45) is 0 Å². The quantitative estimate of drug-likeness (QED) is 0.773. The summed E-state index contributed by atoms with van der Waals surface area (Å²) in [6, 6.07) is 4.93. The van der Waals surface area contributed by atoms with Crippen LogP contribution in [0.5, 0.6) is 0 Å². The summed E-state index contributed by atoms with van der Waals surface area (Å²) in [5, 5.41) is 11.5. The number of carboxylic acid groups (broad SMARTS) is 1. The van der Waals surface area contributed by atoms with Crippen LogP contribution in [0.2, 0.25) is 0 Å². The maximum Gasteiger partial charge on any atom is 0.411 e. The van der Waals surface area contributed by atoms with Crippen LogP contribution >= 0.6 is 0 Å². The van der Waals surface area contributed by atoms with Crippen LogP contribution < -0.4 is 5.32 Å². The van der Waals surface area contributed by atoms with Crippen LogP contribution in [0.3, 0.4) is 0 Å². The number of anilines is 1. The van der Waals surface area contributed by atoms with Crippen molar-refractivity contribution in [3.8, 4) is 0 Å². The van der Waals surface area contributed by atoms with Gasteiger partial charge in [0.15, 0.2) is 0 Å². The lowest BCUT2D eigenvalue weighted by atomic mass is 10.1. The average Bonchev–Trinajstić information content (AvgIpc) is 2.38. The number of aryl methyl sites for hydroxylation is 1. The second-order valence-corrected chi connectivity index (χ2v) is 3.95. The molecule has 5 heteroatoms. The minimum atomic E-state index is -1.09. The Morgan fingerprint density at radius 1 is 1.47 bits per heavy atom. The van der Waals surface area contributed by atoms with Gasteiger partial charge in [0.2, 0.25) is 0 Å². The molecule has 0 radical (unpaired) electrons. The van der Waals surface area contributed by atoms with Crippen LogP contribution in [0.25, 0.3) is 0 Å². The highest BCUT2D eigenvalue weighted by molar-refractivity contribution is 5.98. The lowest BCUT2D eigenvalue weighted by molar-refractivity contribution is 0.0698. The van der Waals surface area contributed by atoms with Crippen LogP contribution in [0.15, 0.2) is 30.9 Å². The van der Waals surface area contributed by atoms with Crippen molar-refractivity contribution >= 4 is 17.7 Å². The summed E-state index contributed by atoms with van der Waals surface area (Å²) >= 11 is 0. The molecule has 0 saturated carbocycles. The van der Waals surface area contributed by atoms with Crippen molar-refractivity contribution in [2.45, 2.75) is 19.8 Å². The highest BCUT2D eigenvalue weighted by Gasteiger charge is 2.13. The summed E-state index contributed by atoms with van der Waals surface area (Å²) in [4.78, 5) is 22.5. The Balaban J connectivity index is 2.90. The lowest BCUT2D eigenvalue weighted by Crippen LogP contribution is -2.16. The summed E-state index contributed by atoms with van der Waals surface area (Å²) in [7, 11) is 0. The number of ether oxygens (including phenoxy) is 1. The Kier molecular flexibility index (Phi) is 5.60. The SMILES string of the molecule is C=CCOC(=O)Nc1ccc(CCC)cc1C(=O)O. The standard InChI is InChI=1S/C14H17NO4/c1-3-5-10-6-7-12(11(9-10)13(16)17)15-14(18)19-8-4-2/h4,6-7,9H,2-3,5,8H2,1H3,(H,15,18)(H,16,17). The molecule has 0 aliphatic heterocycles. The van der Waals surface area contributed by atoms with Crippen molar-refractivity contribution in [2.75, 3.05) is 11.9 Å². The zero-order valence-electron chi connectivity index (χ0n) is 10.8. The molecule has 0 fully saturated rings. The summed E-state index contributed by atoms with van der Waals surface area (Å²) in [5.41, 5.74) is 1.20. The maximum absolute atomic E-state index is 11.4. The van der Waals surface area contributed by atoms with E-state index in [9.17, 15) is 9.59 Å². The molecule has 19 heavy (non-hydrogen) atoms. The maximum atomic E-state index is 11.4. The molecular formula is C14H17NO4. The predicted molar refractivity (Wildman–Crippen MR) is 72.6 cm³/mol. The molecule has 0 heterocycles. The molecule has 0 atom stereocenters. The van der Waals surface area contributed by atoms with Crippen molar-refractivity contribution in [3.63, 3.8) is 0 Å². The fourth-order valence-electron chi connectivity index (χ4n) is 1.60. The van der Waals surface area contributed by atoms with E-state index in [0.717, 1.165) is 18.4 Å². The first kappa shape index (κ1) is 14.8. The molecular weight excluding hydrogens is 246 g/mol. The summed E-state index contributed by atoms with van der Waals surface area (Å²) in [6.45, 7) is 5.50. The van der Waals surface area contributed by atoms with Crippen molar-refractivity contribution in [3.05, 3.63) is 42.0 Å². The topological polar surface area (TPSA) is 75.6 Å². The minimum Gasteiger partial charge on any atom is -0.478 e. The van der Waals surface area contributed by atoms with Gasteiger partial charge in [-0.25, -0.2) is 9.59 Å². The molecule has 0 unspecified atom stereocenters. The minimum absolute atomic E-state index is 0.0569. The number of carbonyl (C=O) groups is 2. The number of amides is 1. The summed E-state index contributed by atoms with van der Waals surface area (Å²) in [5.74, 6) is -1.09. The zero-order valence-corrected chi connectivity index (χ0v) is 10.8. The highest BCUT2D eigenvalue weighted by Crippen LogP contribution is 2.19. The smallest absolute Gasteiger partial charge is 0.411 e.